The lowest BCUT2D eigenvalue weighted by molar-refractivity contribution is 0.186. The third-order valence-electron chi connectivity index (χ3n) is 8.23. The lowest BCUT2D eigenvalue weighted by Crippen LogP contribution is -2.49. The van der Waals surface area contributed by atoms with Gasteiger partial charge in [-0.3, -0.25) is 9.69 Å². The van der Waals surface area contributed by atoms with E-state index in [-0.39, 0.29) is 11.1 Å². The third kappa shape index (κ3) is 5.03. The van der Waals surface area contributed by atoms with Gasteiger partial charge in [0.15, 0.2) is 17.3 Å². The second kappa shape index (κ2) is 10.9. The van der Waals surface area contributed by atoms with E-state index in [9.17, 15) is 4.79 Å². The number of piperazine rings is 1. The number of H-pyrrole nitrogens is 1. The van der Waals surface area contributed by atoms with Crippen molar-refractivity contribution in [1.82, 2.24) is 30.1 Å². The number of nitrogens with zero attached hydrogens (tertiary/aromatic N) is 6. The molecular formula is C30H39N7O3. The number of tetrazole rings is 1. The van der Waals surface area contributed by atoms with E-state index in [1.165, 1.54) is 16.8 Å². The first-order valence-corrected chi connectivity index (χ1v) is 13.8. The SMILES string of the molecule is CCC(C)(C)n1nnnc1C(c1cc2cc(OC)c(OC)cc2[nH]c1=O)N1CCN(c2cc(C)ccc2C)CC1. The summed E-state index contributed by atoms with van der Waals surface area (Å²) >= 11 is 0. The molecule has 0 aliphatic carbocycles. The Kier molecular flexibility index (Phi) is 7.55. The molecule has 1 aliphatic rings. The van der Waals surface area contributed by atoms with Crippen LogP contribution in [0.4, 0.5) is 5.69 Å². The van der Waals surface area contributed by atoms with Crippen molar-refractivity contribution in [3.8, 4) is 11.5 Å². The van der Waals surface area contributed by atoms with Crippen LogP contribution < -0.4 is 19.9 Å². The monoisotopic (exact) mass is 545 g/mol. The Labute approximate surface area is 234 Å². The highest BCUT2D eigenvalue weighted by Gasteiger charge is 2.36. The Hall–Kier alpha value is -3.92. The van der Waals surface area contributed by atoms with Gasteiger partial charge in [0.1, 0.15) is 6.04 Å². The number of methoxy groups -OCH3 is 2. The van der Waals surface area contributed by atoms with Crippen LogP contribution >= 0.6 is 0 Å². The average Bonchev–Trinajstić information content (AvgIpc) is 3.45. The molecule has 2 aromatic heterocycles. The van der Waals surface area contributed by atoms with Gasteiger partial charge in [0, 0.05) is 48.9 Å². The van der Waals surface area contributed by atoms with Gasteiger partial charge in [-0.05, 0) is 73.9 Å². The molecule has 5 rings (SSSR count). The summed E-state index contributed by atoms with van der Waals surface area (Å²) in [6.07, 6.45) is 0.837. The first-order valence-electron chi connectivity index (χ1n) is 13.8. The molecule has 1 N–H and O–H groups in total. The summed E-state index contributed by atoms with van der Waals surface area (Å²) in [5, 5.41) is 13.8. The number of aromatic amines is 1. The minimum absolute atomic E-state index is 0.175. The van der Waals surface area contributed by atoms with E-state index >= 15 is 0 Å². The first-order chi connectivity index (χ1) is 19.2. The zero-order valence-electron chi connectivity index (χ0n) is 24.5. The molecule has 0 radical (unpaired) electrons. The fourth-order valence-electron chi connectivity index (χ4n) is 5.48. The van der Waals surface area contributed by atoms with Crippen molar-refractivity contribution in [3.63, 3.8) is 0 Å². The molecule has 0 bridgehead atoms. The van der Waals surface area contributed by atoms with E-state index in [0.717, 1.165) is 38.0 Å². The van der Waals surface area contributed by atoms with E-state index in [1.54, 1.807) is 20.3 Å². The van der Waals surface area contributed by atoms with Crippen molar-refractivity contribution in [2.45, 2.75) is 52.6 Å². The summed E-state index contributed by atoms with van der Waals surface area (Å²) in [5.41, 5.74) is 4.55. The van der Waals surface area contributed by atoms with Gasteiger partial charge in [0.05, 0.1) is 25.3 Å². The summed E-state index contributed by atoms with van der Waals surface area (Å²) in [5.74, 6) is 1.83. The number of hydrogen-bond donors (Lipinski definition) is 1. The van der Waals surface area contributed by atoms with Gasteiger partial charge in [0.2, 0.25) is 0 Å². The van der Waals surface area contributed by atoms with Crippen molar-refractivity contribution >= 4 is 16.6 Å². The minimum atomic E-state index is -0.428. The normalized spacial score (nSPS) is 15.4. The smallest absolute Gasteiger partial charge is 0.253 e. The number of ether oxygens (including phenoxy) is 2. The van der Waals surface area contributed by atoms with E-state index in [0.29, 0.717) is 28.4 Å². The van der Waals surface area contributed by atoms with Gasteiger partial charge >= 0.3 is 0 Å². The molecule has 2 aromatic carbocycles. The van der Waals surface area contributed by atoms with E-state index < -0.39 is 6.04 Å². The van der Waals surface area contributed by atoms with Gasteiger partial charge in [-0.15, -0.1) is 5.10 Å². The molecule has 3 heterocycles. The topological polar surface area (TPSA) is 101 Å². The highest BCUT2D eigenvalue weighted by atomic mass is 16.5. The lowest BCUT2D eigenvalue weighted by Gasteiger charge is -2.40. The number of benzene rings is 2. The summed E-state index contributed by atoms with van der Waals surface area (Å²) in [6.45, 7) is 13.8. The number of nitrogens with one attached hydrogen (secondary N) is 1. The summed E-state index contributed by atoms with van der Waals surface area (Å²) in [6, 6.07) is 11.8. The summed E-state index contributed by atoms with van der Waals surface area (Å²) < 4.78 is 12.9. The Morgan fingerprint density at radius 2 is 1.70 bits per heavy atom. The van der Waals surface area contributed by atoms with Gasteiger partial charge in [-0.25, -0.2) is 4.68 Å². The molecule has 1 aliphatic heterocycles. The van der Waals surface area contributed by atoms with Crippen LogP contribution in [0.1, 0.15) is 55.7 Å². The van der Waals surface area contributed by atoms with Gasteiger partial charge in [-0.2, -0.15) is 0 Å². The maximum Gasteiger partial charge on any atom is 0.253 e. The van der Waals surface area contributed by atoms with Crippen LogP contribution in [-0.4, -0.2) is 70.5 Å². The van der Waals surface area contributed by atoms with Gasteiger partial charge in [0.25, 0.3) is 5.56 Å². The van der Waals surface area contributed by atoms with Crippen LogP contribution in [0.25, 0.3) is 10.9 Å². The second-order valence-corrected chi connectivity index (χ2v) is 11.2. The fourth-order valence-corrected chi connectivity index (χ4v) is 5.48. The molecule has 40 heavy (non-hydrogen) atoms. The predicted molar refractivity (Wildman–Crippen MR) is 157 cm³/mol. The highest BCUT2D eigenvalue weighted by molar-refractivity contribution is 5.83. The van der Waals surface area contributed by atoms with E-state index in [4.69, 9.17) is 9.47 Å². The Bertz CT molecular complexity index is 1570. The number of hydrogen-bond acceptors (Lipinski definition) is 8. The molecule has 1 atom stereocenters. The van der Waals surface area contributed by atoms with Crippen molar-refractivity contribution in [1.29, 1.82) is 0 Å². The number of pyridine rings is 1. The zero-order valence-corrected chi connectivity index (χ0v) is 24.5. The van der Waals surface area contributed by atoms with Crippen molar-refractivity contribution in [2.24, 2.45) is 0 Å². The molecule has 0 spiro atoms. The van der Waals surface area contributed by atoms with E-state index in [2.05, 4.69) is 83.1 Å². The molecule has 10 heteroatoms. The molecule has 1 fully saturated rings. The van der Waals surface area contributed by atoms with Crippen LogP contribution in [0.5, 0.6) is 11.5 Å². The zero-order chi connectivity index (χ0) is 28.6. The summed E-state index contributed by atoms with van der Waals surface area (Å²) in [4.78, 5) is 21.6. The van der Waals surface area contributed by atoms with Crippen LogP contribution in [0.2, 0.25) is 0 Å². The molecule has 10 nitrogen and oxygen atoms in total. The number of rotatable bonds is 8. The van der Waals surface area contributed by atoms with Crippen molar-refractivity contribution < 1.29 is 9.47 Å². The average molecular weight is 546 g/mol. The molecule has 1 saturated heterocycles. The third-order valence-corrected chi connectivity index (χ3v) is 8.23. The standard InChI is InChI=1S/C30H39N7O3/c1-8-30(4,5)37-28(32-33-34-37)27(36-13-11-35(12-14-36)24-15-19(2)9-10-20(24)3)22-16-21-17-25(39-6)26(40-7)18-23(21)31-29(22)38/h9-10,15-18,27H,8,11-14H2,1-7H3,(H,31,38). The number of aryl methyl sites for hydroxylation is 2. The molecule has 0 saturated carbocycles. The summed E-state index contributed by atoms with van der Waals surface area (Å²) in [7, 11) is 3.19. The highest BCUT2D eigenvalue weighted by Crippen LogP contribution is 2.35. The quantitative estimate of drug-likeness (QED) is 0.352. The van der Waals surface area contributed by atoms with Crippen LogP contribution in [0, 0.1) is 13.8 Å². The Morgan fingerprint density at radius 1 is 1.00 bits per heavy atom. The van der Waals surface area contributed by atoms with Crippen molar-refractivity contribution in [3.05, 3.63) is 69.3 Å². The minimum Gasteiger partial charge on any atom is -0.493 e. The predicted octanol–water partition coefficient (Wildman–Crippen LogP) is 4.21. The van der Waals surface area contributed by atoms with Crippen LogP contribution in [0.15, 0.2) is 41.2 Å². The Morgan fingerprint density at radius 3 is 2.38 bits per heavy atom. The maximum absolute atomic E-state index is 13.7. The largest absolute Gasteiger partial charge is 0.493 e. The lowest BCUT2D eigenvalue weighted by atomic mass is 9.98. The molecule has 1 unspecified atom stereocenters. The molecule has 4 aromatic rings. The van der Waals surface area contributed by atoms with Crippen molar-refractivity contribution in [2.75, 3.05) is 45.3 Å². The second-order valence-electron chi connectivity index (χ2n) is 11.2. The number of aromatic nitrogens is 5. The molecule has 0 amide bonds. The first kappa shape index (κ1) is 27.6. The van der Waals surface area contributed by atoms with Crippen LogP contribution in [0.3, 0.4) is 0 Å². The number of anilines is 1. The Balaban J connectivity index is 1.59. The fraction of sp³-hybridized carbons (Fsp3) is 0.467. The van der Waals surface area contributed by atoms with E-state index in [1.807, 2.05) is 16.8 Å². The van der Waals surface area contributed by atoms with Gasteiger partial charge < -0.3 is 19.4 Å². The van der Waals surface area contributed by atoms with Gasteiger partial charge in [-0.1, -0.05) is 19.1 Å². The van der Waals surface area contributed by atoms with Crippen LogP contribution in [-0.2, 0) is 5.54 Å². The molecular weight excluding hydrogens is 506 g/mol. The molecule has 212 valence electrons. The maximum atomic E-state index is 13.7. The number of fused-ring (bicyclic) bond motifs is 1.